The topological polar surface area (TPSA) is 38.7 Å². The molecule has 0 aromatic rings. The van der Waals surface area contributed by atoms with Crippen molar-refractivity contribution in [3.8, 4) is 0 Å². The summed E-state index contributed by atoms with van der Waals surface area (Å²) in [5.74, 6) is 0. The molecule has 0 atom stereocenters. The second kappa shape index (κ2) is 9.83. The number of nitrogens with zero attached hydrogens (tertiary/aromatic N) is 2. The Bertz CT molecular complexity index is 172. The van der Waals surface area contributed by atoms with Crippen molar-refractivity contribution >= 4 is 0 Å². The molecule has 0 saturated carbocycles. The quantitative estimate of drug-likeness (QED) is 0.574. The third kappa shape index (κ3) is 7.71. The Balaban J connectivity index is 1.91. The summed E-state index contributed by atoms with van der Waals surface area (Å²) in [7, 11) is 2.22. The van der Waals surface area contributed by atoms with Gasteiger partial charge in [-0.05, 0) is 26.4 Å². The van der Waals surface area contributed by atoms with Crippen molar-refractivity contribution in [2.24, 2.45) is 0 Å². The highest BCUT2D eigenvalue weighted by Gasteiger charge is 2.09. The summed E-state index contributed by atoms with van der Waals surface area (Å²) in [6.45, 7) is 8.61. The van der Waals surface area contributed by atoms with Gasteiger partial charge in [-0.1, -0.05) is 12.8 Å². The van der Waals surface area contributed by atoms with Crippen LogP contribution in [0.3, 0.4) is 0 Å². The number of aliphatic hydroxyl groups is 1. The van der Waals surface area contributed by atoms with E-state index in [-0.39, 0.29) is 0 Å². The van der Waals surface area contributed by atoms with Gasteiger partial charge in [-0.15, -0.1) is 0 Å². The minimum absolute atomic E-state index is 0.346. The molecule has 1 aliphatic rings. The van der Waals surface area contributed by atoms with E-state index in [0.717, 1.165) is 19.5 Å². The van der Waals surface area contributed by atoms with Crippen LogP contribution >= 0.6 is 0 Å². The lowest BCUT2D eigenvalue weighted by molar-refractivity contribution is 0.203. The van der Waals surface area contributed by atoms with Crippen LogP contribution in [0.2, 0.25) is 0 Å². The maximum Gasteiger partial charge on any atom is 0.0431 e. The molecule has 2 N–H and O–H groups in total. The summed E-state index contributed by atoms with van der Waals surface area (Å²) in [5.41, 5.74) is 0. The zero-order valence-electron chi connectivity index (χ0n) is 11.3. The first-order chi connectivity index (χ1) is 8.33. The van der Waals surface area contributed by atoms with Gasteiger partial charge >= 0.3 is 0 Å². The Morgan fingerprint density at radius 3 is 2.47 bits per heavy atom. The van der Waals surface area contributed by atoms with Crippen LogP contribution in [0, 0.1) is 0 Å². The van der Waals surface area contributed by atoms with E-state index in [1.54, 1.807) is 0 Å². The van der Waals surface area contributed by atoms with Gasteiger partial charge in [-0.3, -0.25) is 4.90 Å². The molecule has 102 valence electrons. The Morgan fingerprint density at radius 2 is 1.76 bits per heavy atom. The normalized spacial score (nSPS) is 17.8. The molecular formula is C13H29N3O. The molecule has 0 bridgehead atoms. The van der Waals surface area contributed by atoms with Gasteiger partial charge in [0, 0.05) is 45.9 Å². The first kappa shape index (κ1) is 14.9. The van der Waals surface area contributed by atoms with Crippen LogP contribution < -0.4 is 5.32 Å². The summed E-state index contributed by atoms with van der Waals surface area (Å²) in [4.78, 5) is 4.97. The predicted molar refractivity (Wildman–Crippen MR) is 72.4 cm³/mol. The molecule has 1 saturated heterocycles. The standard InChI is InChI=1S/C13H29N3O/c1-15(8-4-2-3-5-13-17)11-12-16-9-6-14-7-10-16/h14,17H,2-13H2,1H3. The van der Waals surface area contributed by atoms with Crippen molar-refractivity contribution in [2.75, 3.05) is 59.5 Å². The van der Waals surface area contributed by atoms with E-state index in [2.05, 4.69) is 22.2 Å². The lowest BCUT2D eigenvalue weighted by Crippen LogP contribution is -2.46. The van der Waals surface area contributed by atoms with Crippen molar-refractivity contribution < 1.29 is 5.11 Å². The molecule has 1 heterocycles. The molecule has 0 aliphatic carbocycles. The van der Waals surface area contributed by atoms with Crippen molar-refractivity contribution in [3.05, 3.63) is 0 Å². The van der Waals surface area contributed by atoms with Crippen LogP contribution in [-0.2, 0) is 0 Å². The zero-order valence-corrected chi connectivity index (χ0v) is 11.3. The van der Waals surface area contributed by atoms with Gasteiger partial charge < -0.3 is 15.3 Å². The molecule has 0 aromatic carbocycles. The highest BCUT2D eigenvalue weighted by atomic mass is 16.2. The summed E-state index contributed by atoms with van der Waals surface area (Å²) < 4.78 is 0. The van der Waals surface area contributed by atoms with Gasteiger partial charge in [0.25, 0.3) is 0 Å². The highest BCUT2D eigenvalue weighted by molar-refractivity contribution is 4.68. The monoisotopic (exact) mass is 243 g/mol. The molecule has 0 radical (unpaired) electrons. The molecule has 17 heavy (non-hydrogen) atoms. The van der Waals surface area contributed by atoms with E-state index in [9.17, 15) is 0 Å². The number of hydrogen-bond donors (Lipinski definition) is 2. The molecule has 0 aromatic heterocycles. The molecule has 4 nitrogen and oxygen atoms in total. The summed E-state index contributed by atoms with van der Waals surface area (Å²) in [6.07, 6.45) is 4.64. The second-order valence-electron chi connectivity index (χ2n) is 5.03. The summed E-state index contributed by atoms with van der Waals surface area (Å²) >= 11 is 0. The van der Waals surface area contributed by atoms with Gasteiger partial charge in [-0.25, -0.2) is 0 Å². The number of nitrogens with one attached hydrogen (secondary N) is 1. The maximum atomic E-state index is 8.68. The maximum absolute atomic E-state index is 8.68. The van der Waals surface area contributed by atoms with E-state index in [1.807, 2.05) is 0 Å². The largest absolute Gasteiger partial charge is 0.396 e. The van der Waals surface area contributed by atoms with E-state index in [1.165, 1.54) is 52.0 Å². The summed E-state index contributed by atoms with van der Waals surface area (Å²) in [5, 5.41) is 12.1. The van der Waals surface area contributed by atoms with Gasteiger partial charge in [-0.2, -0.15) is 0 Å². The van der Waals surface area contributed by atoms with Gasteiger partial charge in [0.05, 0.1) is 0 Å². The Morgan fingerprint density at radius 1 is 1.06 bits per heavy atom. The average molecular weight is 243 g/mol. The van der Waals surface area contributed by atoms with Crippen LogP contribution in [0.4, 0.5) is 0 Å². The Hall–Kier alpha value is -0.160. The molecule has 0 spiro atoms. The number of piperazine rings is 1. The molecule has 1 rings (SSSR count). The van der Waals surface area contributed by atoms with Crippen LogP contribution in [0.1, 0.15) is 25.7 Å². The van der Waals surface area contributed by atoms with Gasteiger partial charge in [0.1, 0.15) is 0 Å². The Labute approximate surface area is 106 Å². The Kier molecular flexibility index (Phi) is 8.61. The van der Waals surface area contributed by atoms with Crippen molar-refractivity contribution in [1.29, 1.82) is 0 Å². The van der Waals surface area contributed by atoms with Gasteiger partial charge in [0.2, 0.25) is 0 Å². The molecular weight excluding hydrogens is 214 g/mol. The fourth-order valence-electron chi connectivity index (χ4n) is 2.21. The average Bonchev–Trinajstić information content (AvgIpc) is 2.37. The fraction of sp³-hybridized carbons (Fsp3) is 1.00. The summed E-state index contributed by atoms with van der Waals surface area (Å²) in [6, 6.07) is 0. The SMILES string of the molecule is CN(CCCCCCO)CCN1CCNCC1. The van der Waals surface area contributed by atoms with E-state index in [0.29, 0.717) is 6.61 Å². The van der Waals surface area contributed by atoms with Crippen LogP contribution in [0.15, 0.2) is 0 Å². The van der Waals surface area contributed by atoms with E-state index in [4.69, 9.17) is 5.11 Å². The lowest BCUT2D eigenvalue weighted by atomic mass is 10.2. The minimum atomic E-state index is 0.346. The highest BCUT2D eigenvalue weighted by Crippen LogP contribution is 2.01. The smallest absolute Gasteiger partial charge is 0.0431 e. The third-order valence-electron chi connectivity index (χ3n) is 3.46. The van der Waals surface area contributed by atoms with Crippen molar-refractivity contribution in [3.63, 3.8) is 0 Å². The molecule has 1 fully saturated rings. The van der Waals surface area contributed by atoms with Gasteiger partial charge in [0.15, 0.2) is 0 Å². The van der Waals surface area contributed by atoms with E-state index >= 15 is 0 Å². The fourth-order valence-corrected chi connectivity index (χ4v) is 2.21. The van der Waals surface area contributed by atoms with Crippen LogP contribution in [0.5, 0.6) is 0 Å². The van der Waals surface area contributed by atoms with Crippen LogP contribution in [-0.4, -0.2) is 74.4 Å². The number of unbranched alkanes of at least 4 members (excludes halogenated alkanes) is 3. The number of aliphatic hydroxyl groups excluding tert-OH is 1. The molecule has 0 unspecified atom stereocenters. The minimum Gasteiger partial charge on any atom is -0.396 e. The zero-order chi connectivity index (χ0) is 12.3. The number of hydrogen-bond acceptors (Lipinski definition) is 4. The second-order valence-corrected chi connectivity index (χ2v) is 5.03. The molecule has 0 amide bonds. The first-order valence-electron chi connectivity index (χ1n) is 7.05. The van der Waals surface area contributed by atoms with Crippen molar-refractivity contribution in [2.45, 2.75) is 25.7 Å². The predicted octanol–water partition coefficient (Wildman–Crippen LogP) is 0.376. The number of rotatable bonds is 9. The van der Waals surface area contributed by atoms with Crippen molar-refractivity contribution in [1.82, 2.24) is 15.1 Å². The third-order valence-corrected chi connectivity index (χ3v) is 3.46. The molecule has 4 heteroatoms. The van der Waals surface area contributed by atoms with E-state index < -0.39 is 0 Å². The van der Waals surface area contributed by atoms with Crippen LogP contribution in [0.25, 0.3) is 0 Å². The molecule has 1 aliphatic heterocycles. The lowest BCUT2D eigenvalue weighted by Gasteiger charge is -2.29. The first-order valence-corrected chi connectivity index (χ1v) is 7.05. The number of likely N-dealkylation sites (N-methyl/N-ethyl adjacent to an activating group) is 1.